The highest BCUT2D eigenvalue weighted by atomic mass is 32.1. The van der Waals surface area contributed by atoms with Gasteiger partial charge in [0.2, 0.25) is 0 Å². The molecule has 2 heteroatoms. The number of thiophene rings is 1. The summed E-state index contributed by atoms with van der Waals surface area (Å²) in [5, 5.41) is 13.1. The van der Waals surface area contributed by atoms with Crippen molar-refractivity contribution in [3.05, 3.63) is 121 Å². The fourth-order valence-corrected chi connectivity index (χ4v) is 7.69. The first kappa shape index (κ1) is 20.4. The van der Waals surface area contributed by atoms with Crippen molar-refractivity contribution in [1.29, 1.82) is 0 Å². The lowest BCUT2D eigenvalue weighted by Crippen LogP contribution is -1.80. The van der Waals surface area contributed by atoms with Crippen molar-refractivity contribution in [3.63, 3.8) is 0 Å². The van der Waals surface area contributed by atoms with Crippen LogP contribution in [0, 0.1) is 0 Å². The Morgan fingerprint density at radius 2 is 1.13 bits per heavy atom. The number of benzene rings is 7. The maximum atomic E-state index is 3.88. The average Bonchev–Trinajstić information content (AvgIpc) is 3.56. The lowest BCUT2D eigenvalue weighted by Gasteiger charge is -2.07. The highest BCUT2D eigenvalue weighted by Gasteiger charge is 2.16. The Labute approximate surface area is 222 Å². The van der Waals surface area contributed by atoms with Crippen molar-refractivity contribution in [2.45, 2.75) is 0 Å². The van der Waals surface area contributed by atoms with Gasteiger partial charge in [-0.15, -0.1) is 11.3 Å². The topological polar surface area (TPSA) is 15.8 Å². The lowest BCUT2D eigenvalue weighted by molar-refractivity contribution is 1.55. The first-order chi connectivity index (χ1) is 18.8. The summed E-state index contributed by atoms with van der Waals surface area (Å²) in [6, 6.07) is 44.5. The summed E-state index contributed by atoms with van der Waals surface area (Å²) in [5.41, 5.74) is 4.92. The van der Waals surface area contributed by atoms with E-state index in [1.54, 1.807) is 0 Å². The Hall–Kier alpha value is -4.66. The molecule has 7 aromatic carbocycles. The molecule has 0 saturated heterocycles. The molecule has 9 rings (SSSR count). The molecular weight excluding hydrogens is 478 g/mol. The third-order valence-corrected chi connectivity index (χ3v) is 9.31. The van der Waals surface area contributed by atoms with Crippen LogP contribution in [0.15, 0.2) is 121 Å². The molecular formula is C36H21NS. The van der Waals surface area contributed by atoms with E-state index < -0.39 is 0 Å². The summed E-state index contributed by atoms with van der Waals surface area (Å²) >= 11 is 1.89. The molecule has 0 radical (unpaired) electrons. The van der Waals surface area contributed by atoms with Gasteiger partial charge in [-0.25, -0.2) is 0 Å². The van der Waals surface area contributed by atoms with Crippen LogP contribution in [0.5, 0.6) is 0 Å². The summed E-state index contributed by atoms with van der Waals surface area (Å²) in [6.45, 7) is 0. The standard InChI is InChI=1S/C36H21NS/c1-2-9-23-21(8-1)17-19-31-33(23)29-18-16-22(20-32(29)38-31)24-14-7-15-30-34-27-12-5-3-10-25(27)26-11-4-6-13-28(26)36(34)37-35(24)30/h1-20,37H. The molecule has 38 heavy (non-hydrogen) atoms. The third kappa shape index (κ3) is 2.65. The molecule has 0 bridgehead atoms. The molecule has 0 aliphatic carbocycles. The van der Waals surface area contributed by atoms with E-state index in [0.717, 1.165) is 0 Å². The minimum Gasteiger partial charge on any atom is -0.353 e. The monoisotopic (exact) mass is 499 g/mol. The van der Waals surface area contributed by atoms with Gasteiger partial charge in [0, 0.05) is 41.9 Å². The molecule has 176 valence electrons. The van der Waals surface area contributed by atoms with Gasteiger partial charge in [0.25, 0.3) is 0 Å². The molecule has 1 N–H and O–H groups in total. The van der Waals surface area contributed by atoms with Gasteiger partial charge >= 0.3 is 0 Å². The number of hydrogen-bond acceptors (Lipinski definition) is 1. The van der Waals surface area contributed by atoms with E-state index in [9.17, 15) is 0 Å². The predicted molar refractivity (Wildman–Crippen MR) is 167 cm³/mol. The molecule has 0 unspecified atom stereocenters. The fourth-order valence-electron chi connectivity index (χ4n) is 6.53. The van der Waals surface area contributed by atoms with Crippen molar-refractivity contribution >= 4 is 85.6 Å². The van der Waals surface area contributed by atoms with E-state index in [0.29, 0.717) is 0 Å². The highest BCUT2D eigenvalue weighted by molar-refractivity contribution is 7.26. The second kappa shape index (κ2) is 7.44. The van der Waals surface area contributed by atoms with Crippen LogP contribution in [-0.2, 0) is 0 Å². The van der Waals surface area contributed by atoms with Crippen LogP contribution in [0.4, 0.5) is 0 Å². The average molecular weight is 500 g/mol. The molecule has 0 fully saturated rings. The van der Waals surface area contributed by atoms with E-state index in [1.807, 2.05) is 11.3 Å². The van der Waals surface area contributed by atoms with Gasteiger partial charge < -0.3 is 4.98 Å². The molecule has 1 nitrogen and oxygen atoms in total. The normalized spacial score (nSPS) is 12.2. The van der Waals surface area contributed by atoms with E-state index in [1.165, 1.54) is 85.4 Å². The van der Waals surface area contributed by atoms with E-state index >= 15 is 0 Å². The Bertz CT molecular complexity index is 2400. The summed E-state index contributed by atoms with van der Waals surface area (Å²) in [5.74, 6) is 0. The first-order valence-corrected chi connectivity index (χ1v) is 13.8. The van der Waals surface area contributed by atoms with Crippen molar-refractivity contribution in [1.82, 2.24) is 4.98 Å². The Morgan fingerprint density at radius 1 is 0.421 bits per heavy atom. The van der Waals surface area contributed by atoms with Gasteiger partial charge in [-0.05, 0) is 44.6 Å². The number of nitrogens with one attached hydrogen (secondary N) is 1. The molecule has 0 amide bonds. The van der Waals surface area contributed by atoms with Crippen molar-refractivity contribution in [2.24, 2.45) is 0 Å². The number of aromatic amines is 1. The van der Waals surface area contributed by atoms with Gasteiger partial charge in [-0.3, -0.25) is 0 Å². The van der Waals surface area contributed by atoms with Gasteiger partial charge in [0.1, 0.15) is 0 Å². The largest absolute Gasteiger partial charge is 0.353 e. The molecule has 2 aromatic heterocycles. The maximum Gasteiger partial charge on any atom is 0.0551 e. The van der Waals surface area contributed by atoms with Gasteiger partial charge in [0.15, 0.2) is 0 Å². The van der Waals surface area contributed by atoms with Crippen LogP contribution in [0.25, 0.3) is 85.4 Å². The minimum atomic E-state index is 1.20. The molecule has 0 saturated carbocycles. The van der Waals surface area contributed by atoms with E-state index in [2.05, 4.69) is 126 Å². The zero-order valence-corrected chi connectivity index (χ0v) is 21.3. The Kier molecular flexibility index (Phi) is 3.99. The molecule has 0 aliphatic heterocycles. The number of para-hydroxylation sites is 1. The molecule has 9 aromatic rings. The summed E-state index contributed by atoms with van der Waals surface area (Å²) in [4.78, 5) is 3.88. The second-order valence-electron chi connectivity index (χ2n) is 10.2. The van der Waals surface area contributed by atoms with Gasteiger partial charge in [-0.2, -0.15) is 0 Å². The summed E-state index contributed by atoms with van der Waals surface area (Å²) < 4.78 is 2.68. The first-order valence-electron chi connectivity index (χ1n) is 13.0. The predicted octanol–water partition coefficient (Wildman–Crippen LogP) is 10.8. The zero-order chi connectivity index (χ0) is 24.8. The van der Waals surface area contributed by atoms with Crippen molar-refractivity contribution < 1.29 is 0 Å². The van der Waals surface area contributed by atoms with Crippen LogP contribution < -0.4 is 0 Å². The Morgan fingerprint density at radius 3 is 2.00 bits per heavy atom. The van der Waals surface area contributed by atoms with E-state index in [-0.39, 0.29) is 0 Å². The van der Waals surface area contributed by atoms with Crippen LogP contribution in [0.3, 0.4) is 0 Å². The quantitative estimate of drug-likeness (QED) is 0.216. The Balaban J connectivity index is 1.36. The fraction of sp³-hybridized carbons (Fsp3) is 0. The van der Waals surface area contributed by atoms with E-state index in [4.69, 9.17) is 0 Å². The molecule has 0 spiro atoms. The smallest absolute Gasteiger partial charge is 0.0551 e. The number of H-pyrrole nitrogens is 1. The van der Waals surface area contributed by atoms with Crippen molar-refractivity contribution in [2.75, 3.05) is 0 Å². The number of hydrogen-bond donors (Lipinski definition) is 1. The molecule has 2 heterocycles. The maximum absolute atomic E-state index is 3.88. The second-order valence-corrected chi connectivity index (χ2v) is 11.3. The third-order valence-electron chi connectivity index (χ3n) is 8.19. The van der Waals surface area contributed by atoms with Gasteiger partial charge in [0.05, 0.1) is 11.0 Å². The zero-order valence-electron chi connectivity index (χ0n) is 20.5. The lowest BCUT2D eigenvalue weighted by atomic mass is 9.95. The van der Waals surface area contributed by atoms with Crippen LogP contribution in [0.1, 0.15) is 0 Å². The van der Waals surface area contributed by atoms with Gasteiger partial charge in [-0.1, -0.05) is 109 Å². The van der Waals surface area contributed by atoms with Crippen LogP contribution in [-0.4, -0.2) is 4.98 Å². The SMILES string of the molecule is c1ccc2c(c1)ccc1sc3cc(-c4cccc5c4[nH]c4c6ccccc6c6ccccc6c54)ccc3c12. The molecule has 0 atom stereocenters. The van der Waals surface area contributed by atoms with Crippen LogP contribution in [0.2, 0.25) is 0 Å². The summed E-state index contributed by atoms with van der Waals surface area (Å²) in [6.07, 6.45) is 0. The van der Waals surface area contributed by atoms with Crippen LogP contribution >= 0.6 is 11.3 Å². The number of aromatic nitrogens is 1. The summed E-state index contributed by atoms with van der Waals surface area (Å²) in [7, 11) is 0. The highest BCUT2D eigenvalue weighted by Crippen LogP contribution is 2.43. The minimum absolute atomic E-state index is 1.20. The number of fused-ring (bicyclic) bond motifs is 13. The molecule has 0 aliphatic rings. The number of rotatable bonds is 1. The van der Waals surface area contributed by atoms with Crippen molar-refractivity contribution in [3.8, 4) is 11.1 Å².